The molecule has 4 heteroatoms. The van der Waals surface area contributed by atoms with E-state index in [1.165, 1.54) is 103 Å². The van der Waals surface area contributed by atoms with Gasteiger partial charge in [-0.3, -0.25) is 0 Å². The summed E-state index contributed by atoms with van der Waals surface area (Å²) in [5.74, 6) is 0. The van der Waals surface area contributed by atoms with Crippen LogP contribution in [-0.2, 0) is 12.6 Å². The van der Waals surface area contributed by atoms with E-state index in [0.717, 1.165) is 13.1 Å². The van der Waals surface area contributed by atoms with Gasteiger partial charge in [-0.05, 0) is 12.8 Å². The summed E-state index contributed by atoms with van der Waals surface area (Å²) in [7, 11) is 0. The van der Waals surface area contributed by atoms with Gasteiger partial charge in [-0.2, -0.15) is 0 Å². The number of hydrogen-bond donors (Lipinski definition) is 0. The van der Waals surface area contributed by atoms with Crippen LogP contribution in [0.1, 0.15) is 117 Å². The summed E-state index contributed by atoms with van der Waals surface area (Å²) in [5, 5.41) is 0. The first kappa shape index (κ1) is 28.3. The topological polar surface area (TPSA) is 3.24 Å². The SMILES string of the molecule is CCCCCCCCCCN(CCCCCCCCCC)C(=S)[S-].[Na+]. The van der Waals surface area contributed by atoms with E-state index in [2.05, 4.69) is 18.7 Å². The molecule has 25 heavy (non-hydrogen) atoms. The Morgan fingerprint density at radius 1 is 0.600 bits per heavy atom. The third-order valence-corrected chi connectivity index (χ3v) is 5.34. The fraction of sp³-hybridized carbons (Fsp3) is 0.952. The fourth-order valence-corrected chi connectivity index (χ4v) is 3.53. The predicted octanol–water partition coefficient (Wildman–Crippen LogP) is 4.41. The van der Waals surface area contributed by atoms with Gasteiger partial charge < -0.3 is 29.7 Å². The Balaban J connectivity index is 0. The predicted molar refractivity (Wildman–Crippen MR) is 117 cm³/mol. The van der Waals surface area contributed by atoms with Gasteiger partial charge in [0.1, 0.15) is 0 Å². The Morgan fingerprint density at radius 3 is 1.16 bits per heavy atom. The molecule has 0 heterocycles. The largest absolute Gasteiger partial charge is 1.00 e. The van der Waals surface area contributed by atoms with E-state index in [0.29, 0.717) is 4.32 Å². The minimum Gasteiger partial charge on any atom is -0.411 e. The molecule has 0 aliphatic rings. The van der Waals surface area contributed by atoms with Gasteiger partial charge in [-0.1, -0.05) is 108 Å². The molecule has 1 nitrogen and oxygen atoms in total. The van der Waals surface area contributed by atoms with Gasteiger partial charge in [0.05, 0.1) is 0 Å². The summed E-state index contributed by atoms with van der Waals surface area (Å²) < 4.78 is 0.681. The molecule has 0 saturated heterocycles. The number of thiocarbonyl (C=S) groups is 1. The minimum absolute atomic E-state index is 0. The van der Waals surface area contributed by atoms with Crippen molar-refractivity contribution in [1.29, 1.82) is 0 Å². The normalized spacial score (nSPS) is 10.5. The molecular formula is C21H42NNaS2. The average molecular weight is 396 g/mol. The van der Waals surface area contributed by atoms with Crippen molar-refractivity contribution in [1.82, 2.24) is 4.90 Å². The van der Waals surface area contributed by atoms with Crippen molar-refractivity contribution in [3.63, 3.8) is 0 Å². The monoisotopic (exact) mass is 395 g/mol. The molecule has 0 N–H and O–H groups in total. The van der Waals surface area contributed by atoms with Crippen LogP contribution in [0.4, 0.5) is 0 Å². The van der Waals surface area contributed by atoms with Gasteiger partial charge >= 0.3 is 29.6 Å². The Hall–Kier alpha value is 1.11. The van der Waals surface area contributed by atoms with Gasteiger partial charge in [-0.25, -0.2) is 0 Å². The molecule has 0 aliphatic carbocycles. The Labute approximate surface area is 192 Å². The molecule has 0 aromatic rings. The first-order valence-electron chi connectivity index (χ1n) is 10.7. The second-order valence-corrected chi connectivity index (χ2v) is 8.23. The van der Waals surface area contributed by atoms with Crippen molar-refractivity contribution < 1.29 is 29.6 Å². The molecule has 0 amide bonds. The van der Waals surface area contributed by atoms with E-state index in [-0.39, 0.29) is 29.6 Å². The van der Waals surface area contributed by atoms with Crippen LogP contribution in [0, 0.1) is 0 Å². The Morgan fingerprint density at radius 2 is 0.880 bits per heavy atom. The van der Waals surface area contributed by atoms with Gasteiger partial charge in [0.25, 0.3) is 0 Å². The molecule has 0 aliphatic heterocycles. The van der Waals surface area contributed by atoms with E-state index in [9.17, 15) is 0 Å². The summed E-state index contributed by atoms with van der Waals surface area (Å²) in [4.78, 5) is 2.26. The number of hydrogen-bond acceptors (Lipinski definition) is 2. The zero-order valence-electron chi connectivity index (χ0n) is 17.5. The summed E-state index contributed by atoms with van der Waals surface area (Å²) in [6.07, 6.45) is 21.8. The Bertz CT molecular complexity index is 255. The quantitative estimate of drug-likeness (QED) is 0.146. The van der Waals surface area contributed by atoms with Crippen molar-refractivity contribution in [2.45, 2.75) is 117 Å². The fourth-order valence-electron chi connectivity index (χ4n) is 3.17. The van der Waals surface area contributed by atoms with Crippen LogP contribution in [-0.4, -0.2) is 22.3 Å². The average Bonchev–Trinajstić information content (AvgIpc) is 2.57. The van der Waals surface area contributed by atoms with Crippen molar-refractivity contribution in [3.8, 4) is 0 Å². The summed E-state index contributed by atoms with van der Waals surface area (Å²) in [5.41, 5.74) is 0. The maximum atomic E-state index is 5.25. The zero-order valence-corrected chi connectivity index (χ0v) is 21.1. The van der Waals surface area contributed by atoms with E-state index >= 15 is 0 Å². The molecule has 0 radical (unpaired) electrons. The van der Waals surface area contributed by atoms with E-state index in [1.807, 2.05) is 0 Å². The van der Waals surface area contributed by atoms with Crippen LogP contribution < -0.4 is 29.6 Å². The number of unbranched alkanes of at least 4 members (excludes halogenated alkanes) is 14. The van der Waals surface area contributed by atoms with Crippen molar-refractivity contribution in [2.75, 3.05) is 13.1 Å². The maximum absolute atomic E-state index is 5.25. The van der Waals surface area contributed by atoms with Gasteiger partial charge in [0, 0.05) is 13.1 Å². The maximum Gasteiger partial charge on any atom is 1.00 e. The number of nitrogens with zero attached hydrogens (tertiary/aromatic N) is 1. The van der Waals surface area contributed by atoms with E-state index in [1.54, 1.807) is 0 Å². The van der Waals surface area contributed by atoms with Crippen LogP contribution in [0.25, 0.3) is 0 Å². The molecule has 0 atom stereocenters. The molecule has 0 rings (SSSR count). The molecule has 0 aromatic carbocycles. The third kappa shape index (κ3) is 21.3. The van der Waals surface area contributed by atoms with Crippen LogP contribution in [0.2, 0.25) is 0 Å². The van der Waals surface area contributed by atoms with Crippen LogP contribution in [0.3, 0.4) is 0 Å². The molecule has 0 bridgehead atoms. The molecule has 144 valence electrons. The first-order valence-corrected chi connectivity index (χ1v) is 11.5. The zero-order chi connectivity index (χ0) is 17.9. The molecular weight excluding hydrogens is 353 g/mol. The van der Waals surface area contributed by atoms with E-state index in [4.69, 9.17) is 24.8 Å². The standard InChI is InChI=1S/C21H43NS2.Na/c1-3-5-7-9-11-13-15-17-19-22(21(23)24)20-18-16-14-12-10-8-6-4-2;/h3-20H2,1-2H3,(H,23,24);/q;+1/p-1. The molecule has 0 unspecified atom stereocenters. The number of rotatable bonds is 18. The van der Waals surface area contributed by atoms with Gasteiger partial charge in [0.2, 0.25) is 0 Å². The van der Waals surface area contributed by atoms with Crippen LogP contribution in [0.15, 0.2) is 0 Å². The molecule has 0 spiro atoms. The second-order valence-electron chi connectivity index (χ2n) is 7.20. The van der Waals surface area contributed by atoms with Crippen LogP contribution in [0.5, 0.6) is 0 Å². The summed E-state index contributed by atoms with van der Waals surface area (Å²) in [6.45, 7) is 6.71. The first-order chi connectivity index (χ1) is 11.7. The van der Waals surface area contributed by atoms with Gasteiger partial charge in [0.15, 0.2) is 0 Å². The Kier molecular flexibility index (Phi) is 26.2. The smallest absolute Gasteiger partial charge is 0.411 e. The van der Waals surface area contributed by atoms with E-state index < -0.39 is 0 Å². The second kappa shape index (κ2) is 23.1. The minimum atomic E-state index is 0. The van der Waals surface area contributed by atoms with Crippen molar-refractivity contribution >= 4 is 29.2 Å². The third-order valence-electron chi connectivity index (χ3n) is 4.82. The van der Waals surface area contributed by atoms with Crippen molar-refractivity contribution in [2.24, 2.45) is 0 Å². The molecule has 0 fully saturated rings. The van der Waals surface area contributed by atoms with Crippen molar-refractivity contribution in [3.05, 3.63) is 0 Å². The molecule has 0 aromatic heterocycles. The summed E-state index contributed by atoms with van der Waals surface area (Å²) >= 11 is 10.5. The molecule has 0 saturated carbocycles. The van der Waals surface area contributed by atoms with Crippen LogP contribution >= 0.6 is 12.2 Å². The van der Waals surface area contributed by atoms with Gasteiger partial charge in [-0.15, -0.1) is 0 Å². The summed E-state index contributed by atoms with van der Waals surface area (Å²) in [6, 6.07) is 0.